The Labute approximate surface area is 151 Å². The molecule has 3 rings (SSSR count). The van der Waals surface area contributed by atoms with E-state index in [0.717, 1.165) is 5.56 Å². The average molecular weight is 353 g/mol. The van der Waals surface area contributed by atoms with Gasteiger partial charge in [-0.2, -0.15) is 10.2 Å². The van der Waals surface area contributed by atoms with Crippen molar-refractivity contribution in [1.29, 1.82) is 5.26 Å². The number of primary amides is 1. The van der Waals surface area contributed by atoms with Crippen LogP contribution in [0.1, 0.15) is 41.3 Å². The van der Waals surface area contributed by atoms with E-state index in [1.807, 2.05) is 32.0 Å². The molecule has 0 atom stereocenters. The van der Waals surface area contributed by atoms with Gasteiger partial charge in [0.05, 0.1) is 17.2 Å². The molecule has 0 radical (unpaired) electrons. The van der Waals surface area contributed by atoms with Crippen LogP contribution in [0.2, 0.25) is 0 Å². The molecule has 26 heavy (non-hydrogen) atoms. The number of nitrogens with zero attached hydrogens (tertiary/aromatic N) is 3. The second kappa shape index (κ2) is 6.98. The number of hydrogen-bond acceptors (Lipinski definition) is 7. The molecule has 0 saturated heterocycles. The summed E-state index contributed by atoms with van der Waals surface area (Å²) < 4.78 is 10.9. The molecule has 1 aromatic heterocycles. The smallest absolute Gasteiger partial charge is 0.271 e. The molecule has 8 heteroatoms. The topological polar surface area (TPSA) is 123 Å². The summed E-state index contributed by atoms with van der Waals surface area (Å²) in [5, 5.41) is 12.3. The molecule has 134 valence electrons. The SMILES string of the molecule is CC(C)(NCc1cccc(C#N)c1)c1nc2c(c(C(N)=O)n1)OCCO2. The predicted octanol–water partition coefficient (Wildman–Crippen LogP) is 1.24. The van der Waals surface area contributed by atoms with Gasteiger partial charge in [-0.1, -0.05) is 12.1 Å². The number of hydrogen-bond donors (Lipinski definition) is 2. The highest BCUT2D eigenvalue weighted by Crippen LogP contribution is 2.33. The van der Waals surface area contributed by atoms with Crippen molar-refractivity contribution in [2.24, 2.45) is 5.73 Å². The largest absolute Gasteiger partial charge is 0.483 e. The van der Waals surface area contributed by atoms with Gasteiger partial charge in [-0.05, 0) is 31.5 Å². The number of aromatic nitrogens is 2. The number of nitrogens with one attached hydrogen (secondary N) is 1. The molecule has 1 aromatic carbocycles. The van der Waals surface area contributed by atoms with Crippen molar-refractivity contribution in [3.8, 4) is 17.7 Å². The number of nitriles is 1. The average Bonchev–Trinajstić information content (AvgIpc) is 2.65. The van der Waals surface area contributed by atoms with E-state index >= 15 is 0 Å². The van der Waals surface area contributed by atoms with Crippen LogP contribution in [0.3, 0.4) is 0 Å². The minimum atomic E-state index is -0.701. The van der Waals surface area contributed by atoms with Gasteiger partial charge in [0.2, 0.25) is 5.75 Å². The van der Waals surface area contributed by atoms with E-state index in [0.29, 0.717) is 31.1 Å². The van der Waals surface area contributed by atoms with E-state index in [-0.39, 0.29) is 17.3 Å². The molecule has 0 saturated carbocycles. The van der Waals surface area contributed by atoms with E-state index in [1.54, 1.807) is 6.07 Å². The minimum absolute atomic E-state index is 0.00560. The third-order valence-electron chi connectivity index (χ3n) is 3.99. The lowest BCUT2D eigenvalue weighted by atomic mass is 10.0. The summed E-state index contributed by atoms with van der Waals surface area (Å²) in [5.74, 6) is 0.0707. The Morgan fingerprint density at radius 2 is 2.12 bits per heavy atom. The lowest BCUT2D eigenvalue weighted by molar-refractivity contribution is 0.0979. The van der Waals surface area contributed by atoms with E-state index in [4.69, 9.17) is 20.5 Å². The Balaban J connectivity index is 1.87. The number of ether oxygens (including phenoxy) is 2. The van der Waals surface area contributed by atoms with Crippen molar-refractivity contribution in [2.45, 2.75) is 25.9 Å². The number of carbonyl (C=O) groups excluding carboxylic acids is 1. The lowest BCUT2D eigenvalue weighted by Gasteiger charge is -2.27. The van der Waals surface area contributed by atoms with Crippen LogP contribution in [0.25, 0.3) is 0 Å². The molecule has 0 fully saturated rings. The maximum Gasteiger partial charge on any atom is 0.271 e. The zero-order valence-corrected chi connectivity index (χ0v) is 14.6. The molecule has 0 aliphatic carbocycles. The van der Waals surface area contributed by atoms with E-state index in [2.05, 4.69) is 21.4 Å². The van der Waals surface area contributed by atoms with Gasteiger partial charge in [-0.25, -0.2) is 4.98 Å². The van der Waals surface area contributed by atoms with Gasteiger partial charge in [0.1, 0.15) is 13.2 Å². The molecular weight excluding hydrogens is 334 g/mol. The summed E-state index contributed by atoms with van der Waals surface area (Å²) in [7, 11) is 0. The normalized spacial score (nSPS) is 13.1. The monoisotopic (exact) mass is 353 g/mol. The fourth-order valence-corrected chi connectivity index (χ4v) is 2.54. The first kappa shape index (κ1) is 17.6. The predicted molar refractivity (Wildman–Crippen MR) is 92.6 cm³/mol. The Morgan fingerprint density at radius 3 is 2.85 bits per heavy atom. The van der Waals surface area contributed by atoms with Crippen LogP contribution in [0, 0.1) is 11.3 Å². The fraction of sp³-hybridized carbons (Fsp3) is 0.333. The molecule has 0 bridgehead atoms. The van der Waals surface area contributed by atoms with Crippen molar-refractivity contribution in [1.82, 2.24) is 15.3 Å². The number of carbonyl (C=O) groups is 1. The fourth-order valence-electron chi connectivity index (χ4n) is 2.54. The van der Waals surface area contributed by atoms with E-state index < -0.39 is 11.4 Å². The lowest BCUT2D eigenvalue weighted by Crippen LogP contribution is -2.39. The van der Waals surface area contributed by atoms with Crippen molar-refractivity contribution in [3.63, 3.8) is 0 Å². The highest BCUT2D eigenvalue weighted by Gasteiger charge is 2.30. The first-order valence-electron chi connectivity index (χ1n) is 8.12. The molecule has 2 aromatic rings. The van der Waals surface area contributed by atoms with Crippen molar-refractivity contribution < 1.29 is 14.3 Å². The third-order valence-corrected chi connectivity index (χ3v) is 3.99. The summed E-state index contributed by atoms with van der Waals surface area (Å²) in [6.07, 6.45) is 0. The summed E-state index contributed by atoms with van der Waals surface area (Å²) in [4.78, 5) is 20.4. The molecule has 1 aliphatic heterocycles. The maximum atomic E-state index is 11.7. The Kier molecular flexibility index (Phi) is 4.73. The zero-order valence-electron chi connectivity index (χ0n) is 14.6. The summed E-state index contributed by atoms with van der Waals surface area (Å²) >= 11 is 0. The van der Waals surface area contributed by atoms with Gasteiger partial charge in [0.15, 0.2) is 11.5 Å². The number of benzene rings is 1. The minimum Gasteiger partial charge on any atom is -0.483 e. The number of rotatable bonds is 5. The van der Waals surface area contributed by atoms with Crippen LogP contribution in [0.4, 0.5) is 0 Å². The number of amides is 1. The summed E-state index contributed by atoms with van der Waals surface area (Å²) in [6, 6.07) is 9.42. The van der Waals surface area contributed by atoms with Gasteiger partial charge in [0.25, 0.3) is 11.8 Å². The quantitative estimate of drug-likeness (QED) is 0.829. The first-order chi connectivity index (χ1) is 12.4. The summed E-state index contributed by atoms with van der Waals surface area (Å²) in [6.45, 7) is 4.92. The summed E-state index contributed by atoms with van der Waals surface area (Å²) in [5.41, 5.74) is 6.30. The highest BCUT2D eigenvalue weighted by atomic mass is 16.6. The zero-order chi connectivity index (χ0) is 18.7. The standard InChI is InChI=1S/C18H19N5O3/c1-18(2,21-10-12-5-3-4-11(8-12)9-19)17-22-13(15(20)24)14-16(23-17)26-7-6-25-14/h3-5,8,21H,6-7,10H2,1-2H3,(H2,20,24). The van der Waals surface area contributed by atoms with Crippen LogP contribution < -0.4 is 20.5 Å². The highest BCUT2D eigenvalue weighted by molar-refractivity contribution is 5.94. The van der Waals surface area contributed by atoms with Gasteiger partial charge in [-0.3, -0.25) is 4.79 Å². The Bertz CT molecular complexity index is 889. The first-order valence-corrected chi connectivity index (χ1v) is 8.12. The molecule has 1 aliphatic rings. The van der Waals surface area contributed by atoms with Crippen LogP contribution in [0.5, 0.6) is 11.6 Å². The molecule has 0 spiro atoms. The van der Waals surface area contributed by atoms with Crippen LogP contribution in [0.15, 0.2) is 24.3 Å². The van der Waals surface area contributed by atoms with Gasteiger partial charge < -0.3 is 20.5 Å². The number of nitrogens with two attached hydrogens (primary N) is 1. The van der Waals surface area contributed by atoms with Gasteiger partial charge in [-0.15, -0.1) is 0 Å². The van der Waals surface area contributed by atoms with Gasteiger partial charge in [0, 0.05) is 6.54 Å². The molecule has 2 heterocycles. The number of fused-ring (bicyclic) bond motifs is 1. The molecule has 8 nitrogen and oxygen atoms in total. The molecular formula is C18H19N5O3. The van der Waals surface area contributed by atoms with Crippen molar-refractivity contribution in [3.05, 3.63) is 46.9 Å². The van der Waals surface area contributed by atoms with E-state index in [9.17, 15) is 4.79 Å². The third kappa shape index (κ3) is 3.58. The molecule has 1 amide bonds. The molecule has 0 unspecified atom stereocenters. The molecule has 3 N–H and O–H groups in total. The van der Waals surface area contributed by atoms with Gasteiger partial charge >= 0.3 is 0 Å². The van der Waals surface area contributed by atoms with Crippen LogP contribution in [-0.2, 0) is 12.1 Å². The Hall–Kier alpha value is -3.18. The van der Waals surface area contributed by atoms with Crippen molar-refractivity contribution in [2.75, 3.05) is 13.2 Å². The van der Waals surface area contributed by atoms with Crippen molar-refractivity contribution >= 4 is 5.91 Å². The maximum absolute atomic E-state index is 11.7. The second-order valence-corrected chi connectivity index (χ2v) is 6.38. The van der Waals surface area contributed by atoms with Crippen LogP contribution >= 0.6 is 0 Å². The van der Waals surface area contributed by atoms with E-state index in [1.165, 1.54) is 0 Å². The second-order valence-electron chi connectivity index (χ2n) is 6.38. The van der Waals surface area contributed by atoms with Crippen LogP contribution in [-0.4, -0.2) is 29.1 Å². The Morgan fingerprint density at radius 1 is 1.35 bits per heavy atom.